The number of anilines is 1. The third-order valence-electron chi connectivity index (χ3n) is 5.57. The molecule has 0 radical (unpaired) electrons. The van der Waals surface area contributed by atoms with Crippen molar-refractivity contribution in [2.45, 2.75) is 19.1 Å². The Morgan fingerprint density at radius 2 is 1.76 bits per heavy atom. The second kappa shape index (κ2) is 13.4. The van der Waals surface area contributed by atoms with Crippen molar-refractivity contribution in [2.75, 3.05) is 19.5 Å². The first kappa shape index (κ1) is 29.2. The molecule has 0 fully saturated rings. The van der Waals surface area contributed by atoms with Gasteiger partial charge in [-0.2, -0.15) is 0 Å². The van der Waals surface area contributed by atoms with E-state index in [1.807, 2.05) is 6.07 Å². The highest BCUT2D eigenvalue weighted by molar-refractivity contribution is 7.13. The molecule has 0 saturated heterocycles. The van der Waals surface area contributed by atoms with E-state index in [1.54, 1.807) is 55.9 Å². The van der Waals surface area contributed by atoms with Crippen molar-refractivity contribution in [3.05, 3.63) is 104 Å². The van der Waals surface area contributed by atoms with Crippen molar-refractivity contribution in [2.24, 2.45) is 0 Å². The van der Waals surface area contributed by atoms with Gasteiger partial charge in [0.1, 0.15) is 26.8 Å². The van der Waals surface area contributed by atoms with Crippen molar-refractivity contribution in [3.63, 3.8) is 0 Å². The zero-order valence-electron chi connectivity index (χ0n) is 20.5. The summed E-state index contributed by atoms with van der Waals surface area (Å²) in [5.41, 5.74) is 1.98. The average Bonchev–Trinajstić information content (AvgIpc) is 3.38. The van der Waals surface area contributed by atoms with Crippen LogP contribution in [-0.2, 0) is 17.7 Å². The van der Waals surface area contributed by atoms with E-state index in [2.05, 4.69) is 10.3 Å². The fourth-order valence-corrected chi connectivity index (χ4v) is 5.06. The fourth-order valence-electron chi connectivity index (χ4n) is 3.69. The molecule has 2 aromatic heterocycles. The summed E-state index contributed by atoms with van der Waals surface area (Å²) in [6.45, 7) is 0.437. The Morgan fingerprint density at radius 1 is 1.03 bits per heavy atom. The molecular weight excluding hydrogens is 554 g/mol. The number of hydrogen-bond donors (Lipinski definition) is 1. The summed E-state index contributed by atoms with van der Waals surface area (Å²) in [5.74, 6) is 0.242. The van der Waals surface area contributed by atoms with Gasteiger partial charge >= 0.3 is 5.97 Å². The maximum atomic E-state index is 13.4. The smallest absolute Gasteiger partial charge is 0.348 e. The van der Waals surface area contributed by atoms with Crippen LogP contribution in [-0.4, -0.2) is 25.7 Å². The lowest BCUT2D eigenvalue weighted by Crippen LogP contribution is -2.15. The first-order chi connectivity index (χ1) is 17.9. The number of pyridine rings is 1. The lowest BCUT2D eigenvalue weighted by molar-refractivity contribution is -0.377. The van der Waals surface area contributed by atoms with Crippen LogP contribution in [0, 0.1) is 5.82 Å². The summed E-state index contributed by atoms with van der Waals surface area (Å²) < 4.78 is 30.2. The molecule has 0 bridgehead atoms. The molecule has 0 aliphatic heterocycles. The Labute approximate surface area is 233 Å². The number of carbonyl (C=O) groups excluding carboxylic acids is 1. The molecule has 0 aliphatic carbocycles. The predicted molar refractivity (Wildman–Crippen MR) is 144 cm³/mol. The maximum absolute atomic E-state index is 13.4. The van der Waals surface area contributed by atoms with Crippen LogP contribution >= 0.6 is 34.5 Å². The molecule has 1 atom stereocenters. The number of methoxy groups -OCH3 is 2. The normalized spacial score (nSPS) is 11.3. The van der Waals surface area contributed by atoms with Crippen LogP contribution in [0.1, 0.15) is 31.8 Å². The molecule has 7 nitrogen and oxygen atoms in total. The molecule has 0 aliphatic rings. The molecule has 0 spiro atoms. The number of nitrogens with one attached hydrogen (secondary N) is 2. The molecule has 4 rings (SSSR count). The van der Waals surface area contributed by atoms with Gasteiger partial charge in [-0.1, -0.05) is 35.3 Å². The number of rotatable bonds is 10. The Kier molecular flexibility index (Phi) is 10.3. The van der Waals surface area contributed by atoms with E-state index >= 15 is 0 Å². The van der Waals surface area contributed by atoms with Crippen LogP contribution in [0.25, 0.3) is 0 Å². The van der Waals surface area contributed by atoms with Crippen LogP contribution in [0.2, 0.25) is 10.0 Å². The number of thiophene rings is 1. The van der Waals surface area contributed by atoms with Gasteiger partial charge in [-0.3, -0.25) is 0 Å². The lowest BCUT2D eigenvalue weighted by Gasteiger charge is -2.20. The molecule has 2 heterocycles. The number of esters is 1. The number of aromatic amines is 1. The topological polar surface area (TPSA) is 101 Å². The largest absolute Gasteiger partial charge is 0.870 e. The van der Waals surface area contributed by atoms with Crippen molar-refractivity contribution in [3.8, 4) is 11.5 Å². The SMILES string of the molecule is COc1ccc([C@H](Cc2c(Cl)c[nH+]cc2Cl)OC(=O)c2ccc(CNc3cccc(F)c3)s2)cc1OC.[OH-]. The van der Waals surface area contributed by atoms with E-state index in [4.69, 9.17) is 37.4 Å². The number of carbonyl (C=O) groups is 1. The van der Waals surface area contributed by atoms with Crippen LogP contribution < -0.4 is 19.8 Å². The molecule has 2 aromatic carbocycles. The minimum atomic E-state index is -0.708. The molecule has 0 amide bonds. The molecular formula is C27H25Cl2FN2O5S. The third kappa shape index (κ3) is 7.14. The van der Waals surface area contributed by atoms with Gasteiger partial charge < -0.3 is 25.0 Å². The first-order valence-corrected chi connectivity index (χ1v) is 12.8. The highest BCUT2D eigenvalue weighted by atomic mass is 35.5. The highest BCUT2D eigenvalue weighted by Gasteiger charge is 2.24. The van der Waals surface area contributed by atoms with E-state index in [0.717, 1.165) is 4.88 Å². The fraction of sp³-hybridized carbons (Fsp3) is 0.185. The van der Waals surface area contributed by atoms with E-state index in [0.29, 0.717) is 49.8 Å². The Balaban J connectivity index is 0.00000400. The van der Waals surface area contributed by atoms with Gasteiger partial charge in [0.25, 0.3) is 0 Å². The van der Waals surface area contributed by atoms with Crippen molar-refractivity contribution < 1.29 is 33.9 Å². The number of benzene rings is 2. The van der Waals surface area contributed by atoms with Gasteiger partial charge in [0.05, 0.1) is 14.2 Å². The lowest BCUT2D eigenvalue weighted by atomic mass is 10.0. The minimum Gasteiger partial charge on any atom is -0.870 e. The van der Waals surface area contributed by atoms with Crippen LogP contribution in [0.3, 0.4) is 0 Å². The van der Waals surface area contributed by atoms with Crippen LogP contribution in [0.15, 0.2) is 67.0 Å². The van der Waals surface area contributed by atoms with Gasteiger partial charge in [-0.05, 0) is 48.0 Å². The Morgan fingerprint density at radius 3 is 2.45 bits per heavy atom. The van der Waals surface area contributed by atoms with Gasteiger partial charge in [0, 0.05) is 29.1 Å². The molecule has 200 valence electrons. The summed E-state index contributed by atoms with van der Waals surface area (Å²) in [6.07, 6.45) is 2.77. The summed E-state index contributed by atoms with van der Waals surface area (Å²) in [4.78, 5) is 17.4. The van der Waals surface area contributed by atoms with E-state index in [9.17, 15) is 9.18 Å². The summed E-state index contributed by atoms with van der Waals surface area (Å²) in [6, 6.07) is 15.1. The van der Waals surface area contributed by atoms with Gasteiger partial charge in [-0.15, -0.1) is 11.3 Å². The third-order valence-corrected chi connectivity index (χ3v) is 7.31. The molecule has 0 saturated carbocycles. The maximum Gasteiger partial charge on any atom is 0.348 e. The van der Waals surface area contributed by atoms with E-state index in [1.165, 1.54) is 30.6 Å². The standard InChI is InChI=1S/C27H23Cl2FN2O4S.H2O/c1-34-23-8-6-16(10-25(23)35-2)24(12-20-21(28)14-31-15-22(20)29)36-27(33)26-9-7-19(37-26)13-32-18-5-3-4-17(30)11-18;/h3-11,14-15,24,32H,12-13H2,1-2H3;1H2/t24-;/m0./s1. The monoisotopic (exact) mass is 578 g/mol. The molecule has 11 heteroatoms. The van der Waals surface area contributed by atoms with E-state index < -0.39 is 12.1 Å². The quantitative estimate of drug-likeness (QED) is 0.213. The van der Waals surface area contributed by atoms with Crippen LogP contribution in [0.4, 0.5) is 10.1 Å². The molecule has 4 aromatic rings. The summed E-state index contributed by atoms with van der Waals surface area (Å²) >= 11 is 14.1. The van der Waals surface area contributed by atoms with Gasteiger partial charge in [-0.25, -0.2) is 14.2 Å². The number of halogens is 3. The van der Waals surface area contributed by atoms with Gasteiger partial charge in [0.15, 0.2) is 23.9 Å². The molecule has 3 N–H and O–H groups in total. The predicted octanol–water partition coefficient (Wildman–Crippen LogP) is 6.60. The highest BCUT2D eigenvalue weighted by Crippen LogP contribution is 2.35. The number of aromatic nitrogens is 1. The first-order valence-electron chi connectivity index (χ1n) is 11.2. The van der Waals surface area contributed by atoms with Crippen molar-refractivity contribution >= 4 is 46.2 Å². The zero-order valence-corrected chi connectivity index (χ0v) is 22.8. The van der Waals surface area contributed by atoms with Crippen LogP contribution in [0.5, 0.6) is 11.5 Å². The van der Waals surface area contributed by atoms with Gasteiger partial charge in [0.2, 0.25) is 0 Å². The van der Waals surface area contributed by atoms with E-state index in [-0.39, 0.29) is 17.7 Å². The summed E-state index contributed by atoms with van der Waals surface area (Å²) in [5, 5.41) is 4.00. The summed E-state index contributed by atoms with van der Waals surface area (Å²) in [7, 11) is 3.08. The van der Waals surface area contributed by atoms with Crippen molar-refractivity contribution in [1.82, 2.24) is 0 Å². The zero-order chi connectivity index (χ0) is 26.4. The Hall–Kier alpha value is -3.37. The number of hydrogen-bond acceptors (Lipinski definition) is 7. The molecule has 0 unspecified atom stereocenters. The number of ether oxygens (including phenoxy) is 3. The molecule has 38 heavy (non-hydrogen) atoms. The second-order valence-corrected chi connectivity index (χ2v) is 9.95. The second-order valence-electron chi connectivity index (χ2n) is 7.97. The van der Waals surface area contributed by atoms with Crippen molar-refractivity contribution in [1.29, 1.82) is 0 Å². The Bertz CT molecular complexity index is 1380. The number of H-pyrrole nitrogens is 1. The average molecular weight is 579 g/mol. The minimum absolute atomic E-state index is 0.